The standard InChI is InChI=1S/C22H17N3O3/c1-24-20(26)22(14-18(23-28-22)16-9-3-2-4-10-16)25(21(24)27)19-13-7-11-15-8-5-6-12-17(15)19/h2-13H,14H2,1H3. The van der Waals surface area contributed by atoms with E-state index in [9.17, 15) is 9.59 Å². The van der Waals surface area contributed by atoms with Gasteiger partial charge in [-0.1, -0.05) is 71.9 Å². The van der Waals surface area contributed by atoms with Gasteiger partial charge < -0.3 is 4.84 Å². The third-order valence-corrected chi connectivity index (χ3v) is 5.31. The summed E-state index contributed by atoms with van der Waals surface area (Å²) in [5.41, 5.74) is 0.640. The van der Waals surface area contributed by atoms with Gasteiger partial charge in [-0.05, 0) is 17.0 Å². The van der Waals surface area contributed by atoms with E-state index in [1.165, 1.54) is 11.9 Å². The molecular formula is C22H17N3O3. The maximum Gasteiger partial charge on any atom is 0.334 e. The van der Waals surface area contributed by atoms with Crippen LogP contribution >= 0.6 is 0 Å². The molecule has 0 bridgehead atoms. The van der Waals surface area contributed by atoms with E-state index in [1.807, 2.05) is 72.8 Å². The van der Waals surface area contributed by atoms with Gasteiger partial charge in [0.05, 0.1) is 17.8 Å². The molecule has 1 saturated heterocycles. The molecule has 6 nitrogen and oxygen atoms in total. The van der Waals surface area contributed by atoms with E-state index in [4.69, 9.17) is 4.84 Å². The van der Waals surface area contributed by atoms with Crippen LogP contribution in [0.3, 0.4) is 0 Å². The third kappa shape index (κ3) is 2.18. The number of carbonyl (C=O) groups excluding carboxylic acids is 2. The van der Waals surface area contributed by atoms with Gasteiger partial charge >= 0.3 is 11.8 Å². The fraction of sp³-hybridized carbons (Fsp3) is 0.136. The smallest absolute Gasteiger partial charge is 0.334 e. The van der Waals surface area contributed by atoms with Crippen molar-refractivity contribution in [3.8, 4) is 0 Å². The fourth-order valence-corrected chi connectivity index (χ4v) is 3.89. The molecule has 3 aromatic rings. The second kappa shape index (κ2) is 5.92. The molecule has 0 N–H and O–H groups in total. The van der Waals surface area contributed by atoms with E-state index in [0.717, 1.165) is 21.2 Å². The molecule has 0 radical (unpaired) electrons. The highest BCUT2D eigenvalue weighted by Gasteiger charge is 2.62. The minimum Gasteiger partial charge on any atom is -0.355 e. The van der Waals surface area contributed by atoms with Crippen molar-refractivity contribution >= 4 is 34.1 Å². The van der Waals surface area contributed by atoms with Gasteiger partial charge in [-0.15, -0.1) is 0 Å². The quantitative estimate of drug-likeness (QED) is 0.645. The number of nitrogens with zero attached hydrogens (tertiary/aromatic N) is 3. The molecule has 2 heterocycles. The lowest BCUT2D eigenvalue weighted by molar-refractivity contribution is -0.144. The number of carbonyl (C=O) groups is 2. The zero-order chi connectivity index (χ0) is 19.3. The highest BCUT2D eigenvalue weighted by atomic mass is 16.7. The zero-order valence-corrected chi connectivity index (χ0v) is 15.2. The lowest BCUT2D eigenvalue weighted by Crippen LogP contribution is -2.50. The lowest BCUT2D eigenvalue weighted by atomic mass is 9.98. The summed E-state index contributed by atoms with van der Waals surface area (Å²) < 4.78 is 0. The van der Waals surface area contributed by atoms with Crippen molar-refractivity contribution < 1.29 is 14.4 Å². The van der Waals surface area contributed by atoms with E-state index < -0.39 is 17.7 Å². The first-order chi connectivity index (χ1) is 13.6. The Morgan fingerprint density at radius 2 is 1.64 bits per heavy atom. The topological polar surface area (TPSA) is 62.2 Å². The van der Waals surface area contributed by atoms with Crippen LogP contribution in [0.25, 0.3) is 10.8 Å². The van der Waals surface area contributed by atoms with E-state index in [0.29, 0.717) is 11.4 Å². The van der Waals surface area contributed by atoms with Crippen LogP contribution in [0.15, 0.2) is 78.0 Å². The summed E-state index contributed by atoms with van der Waals surface area (Å²) in [4.78, 5) is 34.4. The minimum absolute atomic E-state index is 0.190. The summed E-state index contributed by atoms with van der Waals surface area (Å²) in [7, 11) is 1.47. The Bertz CT molecular complexity index is 1140. The lowest BCUT2D eigenvalue weighted by Gasteiger charge is -2.29. The molecule has 5 rings (SSSR count). The second-order valence-corrected chi connectivity index (χ2v) is 6.94. The van der Waals surface area contributed by atoms with Gasteiger partial charge in [0.15, 0.2) is 0 Å². The molecule has 2 aliphatic rings. The van der Waals surface area contributed by atoms with Gasteiger partial charge in [0.25, 0.3) is 5.91 Å². The Morgan fingerprint density at radius 1 is 0.929 bits per heavy atom. The molecule has 138 valence electrons. The maximum atomic E-state index is 13.1. The van der Waals surface area contributed by atoms with Crippen LogP contribution in [-0.2, 0) is 9.63 Å². The number of anilines is 1. The number of hydrogen-bond acceptors (Lipinski definition) is 4. The number of fused-ring (bicyclic) bond motifs is 1. The van der Waals surface area contributed by atoms with Crippen LogP contribution in [-0.4, -0.2) is 35.3 Å². The number of hydrogen-bond donors (Lipinski definition) is 0. The van der Waals surface area contributed by atoms with Crippen molar-refractivity contribution in [3.05, 3.63) is 78.4 Å². The normalized spacial score (nSPS) is 21.5. The van der Waals surface area contributed by atoms with E-state index >= 15 is 0 Å². The Hall–Kier alpha value is -3.67. The average Bonchev–Trinajstić information content (AvgIpc) is 3.26. The summed E-state index contributed by atoms with van der Waals surface area (Å²) in [5.74, 6) is -0.417. The Balaban J connectivity index is 1.64. The highest BCUT2D eigenvalue weighted by Crippen LogP contribution is 2.42. The number of benzene rings is 3. The summed E-state index contributed by atoms with van der Waals surface area (Å²) in [6.45, 7) is 0. The maximum absolute atomic E-state index is 13.1. The number of rotatable bonds is 2. The molecule has 3 amide bonds. The zero-order valence-electron chi connectivity index (χ0n) is 15.2. The molecule has 1 unspecified atom stereocenters. The van der Waals surface area contributed by atoms with Crippen molar-refractivity contribution in [3.63, 3.8) is 0 Å². The van der Waals surface area contributed by atoms with Gasteiger partial charge in [-0.3, -0.25) is 9.69 Å². The Labute approximate surface area is 161 Å². The number of amides is 3. The van der Waals surface area contributed by atoms with Crippen LogP contribution in [0, 0.1) is 0 Å². The first-order valence-corrected chi connectivity index (χ1v) is 9.02. The van der Waals surface area contributed by atoms with Crippen LogP contribution in [0.1, 0.15) is 12.0 Å². The molecule has 28 heavy (non-hydrogen) atoms. The molecular weight excluding hydrogens is 354 g/mol. The van der Waals surface area contributed by atoms with Crippen LogP contribution in [0.4, 0.5) is 10.5 Å². The monoisotopic (exact) mass is 371 g/mol. The molecule has 0 aromatic heterocycles. The van der Waals surface area contributed by atoms with E-state index in [-0.39, 0.29) is 6.42 Å². The molecule has 3 aromatic carbocycles. The van der Waals surface area contributed by atoms with Gasteiger partial charge in [0.1, 0.15) is 0 Å². The van der Waals surface area contributed by atoms with Crippen molar-refractivity contribution in [1.29, 1.82) is 0 Å². The third-order valence-electron chi connectivity index (χ3n) is 5.31. The number of likely N-dealkylation sites (N-methyl/N-ethyl adjacent to an activating group) is 1. The molecule has 0 saturated carbocycles. The van der Waals surface area contributed by atoms with Crippen molar-refractivity contribution in [2.45, 2.75) is 12.1 Å². The molecule has 1 fully saturated rings. The van der Waals surface area contributed by atoms with E-state index in [2.05, 4.69) is 5.16 Å². The van der Waals surface area contributed by atoms with Gasteiger partial charge in [-0.2, -0.15) is 0 Å². The van der Waals surface area contributed by atoms with Crippen LogP contribution in [0.5, 0.6) is 0 Å². The van der Waals surface area contributed by atoms with Gasteiger partial charge in [0, 0.05) is 12.4 Å². The predicted molar refractivity (Wildman–Crippen MR) is 106 cm³/mol. The van der Waals surface area contributed by atoms with Crippen LogP contribution in [0.2, 0.25) is 0 Å². The summed E-state index contributed by atoms with van der Waals surface area (Å²) in [6, 6.07) is 22.5. The van der Waals surface area contributed by atoms with Crippen molar-refractivity contribution in [2.75, 3.05) is 11.9 Å². The molecule has 1 spiro atoms. The molecule has 2 aliphatic heterocycles. The second-order valence-electron chi connectivity index (χ2n) is 6.94. The first-order valence-electron chi connectivity index (χ1n) is 9.02. The largest absolute Gasteiger partial charge is 0.355 e. The van der Waals surface area contributed by atoms with Gasteiger partial charge in [-0.25, -0.2) is 9.69 Å². The van der Waals surface area contributed by atoms with E-state index in [1.54, 1.807) is 0 Å². The Kier molecular flexibility index (Phi) is 3.49. The first kappa shape index (κ1) is 16.5. The Morgan fingerprint density at radius 3 is 2.46 bits per heavy atom. The van der Waals surface area contributed by atoms with Crippen molar-refractivity contribution in [2.24, 2.45) is 5.16 Å². The summed E-state index contributed by atoms with van der Waals surface area (Å²) in [5, 5.41) is 6.04. The average molecular weight is 371 g/mol. The predicted octanol–water partition coefficient (Wildman–Crippen LogP) is 3.76. The SMILES string of the molecule is CN1C(=O)N(c2cccc3ccccc23)C2(CC(c3ccccc3)=NO2)C1=O. The number of oxime groups is 1. The highest BCUT2D eigenvalue weighted by molar-refractivity contribution is 6.21. The number of imide groups is 1. The molecule has 6 heteroatoms. The van der Waals surface area contributed by atoms with Gasteiger partial charge in [0.2, 0.25) is 0 Å². The molecule has 0 aliphatic carbocycles. The summed E-state index contributed by atoms with van der Waals surface area (Å²) >= 11 is 0. The molecule has 1 atom stereocenters. The van der Waals surface area contributed by atoms with Crippen molar-refractivity contribution in [1.82, 2.24) is 4.90 Å². The number of urea groups is 1. The minimum atomic E-state index is -1.50. The summed E-state index contributed by atoms with van der Waals surface area (Å²) in [6.07, 6.45) is 0.190. The van der Waals surface area contributed by atoms with Crippen LogP contribution < -0.4 is 4.90 Å². The fourth-order valence-electron chi connectivity index (χ4n) is 3.89.